The lowest BCUT2D eigenvalue weighted by Crippen LogP contribution is -2.43. The Bertz CT molecular complexity index is 796. The summed E-state index contributed by atoms with van der Waals surface area (Å²) >= 11 is 0. The zero-order valence-electron chi connectivity index (χ0n) is 18.9. The molecule has 1 aliphatic heterocycles. The van der Waals surface area contributed by atoms with Crippen LogP contribution in [0.1, 0.15) is 69.4 Å². The van der Waals surface area contributed by atoms with Crippen LogP contribution >= 0.6 is 0 Å². The van der Waals surface area contributed by atoms with Crippen LogP contribution in [0.25, 0.3) is 0 Å². The van der Waals surface area contributed by atoms with Crippen LogP contribution in [-0.4, -0.2) is 42.9 Å². The van der Waals surface area contributed by atoms with Crippen molar-refractivity contribution >= 4 is 0 Å². The summed E-state index contributed by atoms with van der Waals surface area (Å²) in [6.45, 7) is 10.3. The second kappa shape index (κ2) is 8.31. The lowest BCUT2D eigenvalue weighted by atomic mass is 9.52. The maximum Gasteiger partial charge on any atom is 0.115 e. The minimum absolute atomic E-state index is 0.363. The van der Waals surface area contributed by atoms with Crippen molar-refractivity contribution in [2.45, 2.75) is 64.7 Å². The third-order valence-electron chi connectivity index (χ3n) is 9.10. The summed E-state index contributed by atoms with van der Waals surface area (Å²) in [7, 11) is 0. The van der Waals surface area contributed by atoms with Gasteiger partial charge in [-0.3, -0.25) is 0 Å². The third-order valence-corrected chi connectivity index (χ3v) is 9.10. The Morgan fingerprint density at radius 1 is 1.23 bits per heavy atom. The molecule has 0 radical (unpaired) electrons. The Labute approximate surface area is 182 Å². The molecule has 3 fully saturated rings. The third kappa shape index (κ3) is 3.62. The van der Waals surface area contributed by atoms with E-state index in [0.29, 0.717) is 23.0 Å². The molecule has 5 atom stereocenters. The van der Waals surface area contributed by atoms with Gasteiger partial charge in [0.1, 0.15) is 5.75 Å². The Balaban J connectivity index is 1.26. The highest BCUT2D eigenvalue weighted by Crippen LogP contribution is 2.63. The predicted molar refractivity (Wildman–Crippen MR) is 122 cm³/mol. The Morgan fingerprint density at radius 3 is 2.90 bits per heavy atom. The average Bonchev–Trinajstić information content (AvgIpc) is 3.35. The summed E-state index contributed by atoms with van der Waals surface area (Å²) in [6.07, 6.45) is 11.5. The maximum absolute atomic E-state index is 9.96. The van der Waals surface area contributed by atoms with Crippen molar-refractivity contribution in [1.29, 1.82) is 0 Å². The summed E-state index contributed by atoms with van der Waals surface area (Å²) in [5.41, 5.74) is 4.96. The normalized spacial score (nSPS) is 37.2. The fourth-order valence-electron chi connectivity index (χ4n) is 7.59. The van der Waals surface area contributed by atoms with E-state index in [-0.39, 0.29) is 0 Å². The van der Waals surface area contributed by atoms with Crippen LogP contribution in [0.5, 0.6) is 5.75 Å². The maximum atomic E-state index is 9.96. The molecular weight excluding hydrogens is 370 g/mol. The molecule has 0 spiro atoms. The Hall–Kier alpha value is -1.32. The van der Waals surface area contributed by atoms with Crippen molar-refractivity contribution < 1.29 is 9.84 Å². The molecule has 1 aromatic carbocycles. The van der Waals surface area contributed by atoms with E-state index < -0.39 is 0 Å². The SMILES string of the molecule is C[C@@H]1Cc2cc(O)ccc2C2CC[C@]3(C)/C(=C/COCCN4CCCC4)CCC3C21. The first kappa shape index (κ1) is 20.6. The fourth-order valence-corrected chi connectivity index (χ4v) is 7.59. The van der Waals surface area contributed by atoms with E-state index in [4.69, 9.17) is 4.74 Å². The van der Waals surface area contributed by atoms with E-state index in [0.717, 1.165) is 38.0 Å². The topological polar surface area (TPSA) is 32.7 Å². The monoisotopic (exact) mass is 409 g/mol. The Morgan fingerprint density at radius 2 is 2.07 bits per heavy atom. The largest absolute Gasteiger partial charge is 0.508 e. The molecule has 30 heavy (non-hydrogen) atoms. The molecule has 3 unspecified atom stereocenters. The molecule has 3 heteroatoms. The number of nitrogens with zero attached hydrogens (tertiary/aromatic N) is 1. The van der Waals surface area contributed by atoms with Crippen molar-refractivity contribution in [3.8, 4) is 5.75 Å². The lowest BCUT2D eigenvalue weighted by molar-refractivity contribution is 0.0483. The van der Waals surface area contributed by atoms with Crippen LogP contribution in [0.2, 0.25) is 0 Å². The molecule has 1 aromatic rings. The van der Waals surface area contributed by atoms with Crippen LogP contribution in [0.15, 0.2) is 29.8 Å². The fraction of sp³-hybridized carbons (Fsp3) is 0.704. The molecular formula is C27H39NO2. The van der Waals surface area contributed by atoms with E-state index >= 15 is 0 Å². The van der Waals surface area contributed by atoms with Gasteiger partial charge in [0.25, 0.3) is 0 Å². The van der Waals surface area contributed by atoms with Gasteiger partial charge < -0.3 is 14.7 Å². The van der Waals surface area contributed by atoms with Gasteiger partial charge in [-0.25, -0.2) is 0 Å². The van der Waals surface area contributed by atoms with E-state index in [1.807, 2.05) is 12.1 Å². The van der Waals surface area contributed by atoms with Crippen molar-refractivity contribution in [3.05, 3.63) is 41.0 Å². The van der Waals surface area contributed by atoms with Crippen LogP contribution in [0, 0.1) is 23.2 Å². The van der Waals surface area contributed by atoms with E-state index in [1.54, 1.807) is 5.57 Å². The van der Waals surface area contributed by atoms with E-state index in [9.17, 15) is 5.11 Å². The highest BCUT2D eigenvalue weighted by Gasteiger charge is 2.54. The van der Waals surface area contributed by atoms with Crippen LogP contribution < -0.4 is 0 Å². The first-order chi connectivity index (χ1) is 14.6. The van der Waals surface area contributed by atoms with Crippen LogP contribution in [0.3, 0.4) is 0 Å². The van der Waals surface area contributed by atoms with Crippen LogP contribution in [0.4, 0.5) is 0 Å². The molecule has 164 valence electrons. The molecule has 5 rings (SSSR count). The summed E-state index contributed by atoms with van der Waals surface area (Å²) in [4.78, 5) is 2.53. The number of allylic oxidation sites excluding steroid dienone is 1. The molecule has 4 aliphatic rings. The smallest absolute Gasteiger partial charge is 0.115 e. The first-order valence-corrected chi connectivity index (χ1v) is 12.4. The Kier molecular flexibility index (Phi) is 5.70. The van der Waals surface area contributed by atoms with Gasteiger partial charge in [-0.2, -0.15) is 0 Å². The number of benzene rings is 1. The molecule has 0 aromatic heterocycles. The molecule has 3 aliphatic carbocycles. The highest BCUT2D eigenvalue weighted by molar-refractivity contribution is 5.41. The molecule has 0 bridgehead atoms. The van der Waals surface area contributed by atoms with Gasteiger partial charge in [-0.15, -0.1) is 0 Å². The summed E-state index contributed by atoms with van der Waals surface area (Å²) < 4.78 is 6.03. The number of phenolic OH excluding ortho intramolecular Hbond substituents is 1. The average molecular weight is 410 g/mol. The highest BCUT2D eigenvalue weighted by atomic mass is 16.5. The zero-order chi connectivity index (χ0) is 20.7. The van der Waals surface area contributed by atoms with Crippen molar-refractivity contribution in [2.24, 2.45) is 23.2 Å². The number of hydrogen-bond acceptors (Lipinski definition) is 3. The van der Waals surface area contributed by atoms with Gasteiger partial charge in [-0.05, 0) is 110 Å². The van der Waals surface area contributed by atoms with E-state index in [1.165, 1.54) is 62.7 Å². The van der Waals surface area contributed by atoms with Gasteiger partial charge in [0.15, 0.2) is 0 Å². The van der Waals surface area contributed by atoms with Crippen molar-refractivity contribution in [3.63, 3.8) is 0 Å². The number of fused-ring (bicyclic) bond motifs is 5. The number of hydrogen-bond donors (Lipinski definition) is 1. The number of likely N-dealkylation sites (tertiary alicyclic amines) is 1. The van der Waals surface area contributed by atoms with Crippen LogP contribution in [-0.2, 0) is 11.2 Å². The van der Waals surface area contributed by atoms with Gasteiger partial charge in [0, 0.05) is 6.54 Å². The second-order valence-electron chi connectivity index (χ2n) is 10.7. The number of phenols is 1. The molecule has 1 N–H and O–H groups in total. The van der Waals surface area contributed by atoms with Gasteiger partial charge in [-0.1, -0.05) is 31.6 Å². The second-order valence-corrected chi connectivity index (χ2v) is 10.7. The minimum Gasteiger partial charge on any atom is -0.508 e. The van der Waals surface area contributed by atoms with E-state index in [2.05, 4.69) is 30.9 Å². The quantitative estimate of drug-likeness (QED) is 0.512. The molecule has 1 heterocycles. The number of aromatic hydroxyl groups is 1. The summed E-state index contributed by atoms with van der Waals surface area (Å²) in [5.74, 6) is 3.38. The molecule has 3 nitrogen and oxygen atoms in total. The lowest BCUT2D eigenvalue weighted by Gasteiger charge is -2.52. The number of rotatable bonds is 5. The van der Waals surface area contributed by atoms with Crippen molar-refractivity contribution in [2.75, 3.05) is 32.8 Å². The van der Waals surface area contributed by atoms with Gasteiger partial charge in [0.05, 0.1) is 13.2 Å². The standard InChI is InChI=1S/C27H39NO2/c1-19-17-20-18-22(29)6-7-23(20)24-9-11-27(2)21(5-8-25(27)26(19)24)10-15-30-16-14-28-12-3-4-13-28/h6-7,10,18-19,24-26,29H,3-5,8-9,11-17H2,1-2H3/b21-10+/t19-,24?,25?,26?,27-/m1/s1. The van der Waals surface area contributed by atoms with Crippen molar-refractivity contribution in [1.82, 2.24) is 4.90 Å². The number of ether oxygens (including phenoxy) is 1. The molecule has 0 amide bonds. The molecule has 2 saturated carbocycles. The predicted octanol–water partition coefficient (Wildman–Crippen LogP) is 5.53. The van der Waals surface area contributed by atoms with Gasteiger partial charge >= 0.3 is 0 Å². The summed E-state index contributed by atoms with van der Waals surface area (Å²) in [5, 5.41) is 9.96. The summed E-state index contributed by atoms with van der Waals surface area (Å²) in [6, 6.07) is 6.14. The zero-order valence-corrected chi connectivity index (χ0v) is 18.9. The first-order valence-electron chi connectivity index (χ1n) is 12.4. The minimum atomic E-state index is 0.363. The van der Waals surface area contributed by atoms with Gasteiger partial charge in [0.2, 0.25) is 0 Å². The molecule has 1 saturated heterocycles.